The lowest BCUT2D eigenvalue weighted by Crippen LogP contribution is -2.36. The zero-order valence-electron chi connectivity index (χ0n) is 18.4. The van der Waals surface area contributed by atoms with Crippen LogP contribution in [-0.2, 0) is 4.74 Å². The maximum absolute atomic E-state index is 12.9. The molecule has 0 radical (unpaired) electrons. The summed E-state index contributed by atoms with van der Waals surface area (Å²) in [6.07, 6.45) is 0. The van der Waals surface area contributed by atoms with Crippen LogP contribution in [0.3, 0.4) is 0 Å². The van der Waals surface area contributed by atoms with Crippen molar-refractivity contribution in [1.29, 1.82) is 0 Å². The molecule has 0 aliphatic carbocycles. The second-order valence-corrected chi connectivity index (χ2v) is 9.46. The van der Waals surface area contributed by atoms with Crippen molar-refractivity contribution < 1.29 is 9.84 Å². The lowest BCUT2D eigenvalue weighted by molar-refractivity contribution is 0.122. The van der Waals surface area contributed by atoms with Crippen LogP contribution in [-0.4, -0.2) is 41.2 Å². The maximum Gasteiger partial charge on any atom is 0.282 e. The van der Waals surface area contributed by atoms with E-state index in [9.17, 15) is 9.90 Å². The molecule has 1 aliphatic rings. The van der Waals surface area contributed by atoms with Crippen LogP contribution in [0.4, 0.5) is 5.69 Å². The number of nitrogens with zero attached hydrogens (tertiary/aromatic N) is 2. The number of H-pyrrole nitrogens is 1. The fourth-order valence-electron chi connectivity index (χ4n) is 4.18. The number of aromatic amines is 1. The van der Waals surface area contributed by atoms with Crippen molar-refractivity contribution in [2.45, 2.75) is 15.8 Å². The van der Waals surface area contributed by atoms with E-state index in [4.69, 9.17) is 16.3 Å². The lowest BCUT2D eigenvalue weighted by Gasteiger charge is -2.30. The Bertz CT molecular complexity index is 1330. The Hall–Kier alpha value is -3.13. The highest BCUT2D eigenvalue weighted by Gasteiger charge is 2.25. The third-order valence-electron chi connectivity index (χ3n) is 5.84. The number of morpholine rings is 1. The number of hydrogen-bond acceptors (Lipinski definition) is 5. The number of nitrogens with one attached hydrogen (secondary N) is 1. The molecule has 6 nitrogen and oxygen atoms in total. The van der Waals surface area contributed by atoms with Gasteiger partial charge < -0.3 is 14.7 Å². The number of ether oxygens (including phenoxy) is 1. The van der Waals surface area contributed by atoms with E-state index in [1.165, 1.54) is 4.68 Å². The smallest absolute Gasteiger partial charge is 0.282 e. The molecule has 5 rings (SSSR count). The molecule has 174 valence electrons. The second-order valence-electron chi connectivity index (χ2n) is 8.00. The molecular weight excluding hydrogens is 470 g/mol. The van der Waals surface area contributed by atoms with E-state index in [1.807, 2.05) is 60.7 Å². The molecule has 1 unspecified atom stereocenters. The minimum Gasteiger partial charge on any atom is -0.493 e. The second kappa shape index (κ2) is 10.0. The van der Waals surface area contributed by atoms with E-state index in [-0.39, 0.29) is 16.3 Å². The molecule has 1 saturated heterocycles. The predicted molar refractivity (Wildman–Crippen MR) is 135 cm³/mol. The van der Waals surface area contributed by atoms with Gasteiger partial charge >= 0.3 is 0 Å². The standard InChI is InChI=1S/C26H24ClN3O3S/c27-21-11-4-5-12-22(21)34-24-25(31)28-30(26(24)32)23(18-7-2-1-3-8-18)19-9-6-10-20(17-19)29-13-15-33-16-14-29/h1-12,17,23,32H,13-16H2,(H,28,31). The summed E-state index contributed by atoms with van der Waals surface area (Å²) in [5.74, 6) is -0.124. The number of hydrogen-bond donors (Lipinski definition) is 2. The molecule has 1 atom stereocenters. The average Bonchev–Trinajstić information content (AvgIpc) is 3.15. The molecule has 0 bridgehead atoms. The van der Waals surface area contributed by atoms with Crippen molar-refractivity contribution >= 4 is 29.1 Å². The first-order valence-corrected chi connectivity index (χ1v) is 12.2. The van der Waals surface area contributed by atoms with Gasteiger partial charge in [-0.3, -0.25) is 9.89 Å². The van der Waals surface area contributed by atoms with Crippen molar-refractivity contribution in [2.24, 2.45) is 0 Å². The fourth-order valence-corrected chi connectivity index (χ4v) is 5.29. The van der Waals surface area contributed by atoms with Gasteiger partial charge in [0.15, 0.2) is 0 Å². The number of halogens is 1. The quantitative estimate of drug-likeness (QED) is 0.388. The van der Waals surface area contributed by atoms with Crippen LogP contribution in [0, 0.1) is 0 Å². The highest BCUT2D eigenvalue weighted by Crippen LogP contribution is 2.39. The molecule has 8 heteroatoms. The number of aromatic hydroxyl groups is 1. The van der Waals surface area contributed by atoms with E-state index in [0.717, 1.165) is 41.7 Å². The topological polar surface area (TPSA) is 70.5 Å². The number of aromatic nitrogens is 2. The van der Waals surface area contributed by atoms with E-state index in [0.29, 0.717) is 23.1 Å². The van der Waals surface area contributed by atoms with Crippen molar-refractivity contribution in [1.82, 2.24) is 9.78 Å². The molecule has 0 spiro atoms. The van der Waals surface area contributed by atoms with Gasteiger partial charge in [0, 0.05) is 23.7 Å². The number of rotatable bonds is 6. The number of benzene rings is 3. The fraction of sp³-hybridized carbons (Fsp3) is 0.192. The van der Waals surface area contributed by atoms with Gasteiger partial charge in [-0.2, -0.15) is 0 Å². The van der Waals surface area contributed by atoms with Crippen molar-refractivity contribution in [3.8, 4) is 5.88 Å². The van der Waals surface area contributed by atoms with E-state index in [2.05, 4.69) is 22.1 Å². The molecule has 34 heavy (non-hydrogen) atoms. The Morgan fingerprint density at radius 2 is 1.65 bits per heavy atom. The van der Waals surface area contributed by atoms with Crippen molar-refractivity contribution in [2.75, 3.05) is 31.2 Å². The van der Waals surface area contributed by atoms with E-state index < -0.39 is 6.04 Å². The Balaban J connectivity index is 1.58. The normalized spacial score (nSPS) is 14.8. The zero-order chi connectivity index (χ0) is 23.5. The van der Waals surface area contributed by atoms with Gasteiger partial charge in [-0.05, 0) is 35.4 Å². The van der Waals surface area contributed by atoms with Gasteiger partial charge in [0.2, 0.25) is 5.88 Å². The van der Waals surface area contributed by atoms with Crippen LogP contribution < -0.4 is 10.5 Å². The summed E-state index contributed by atoms with van der Waals surface area (Å²) >= 11 is 7.45. The van der Waals surface area contributed by atoms with Crippen LogP contribution in [0.5, 0.6) is 5.88 Å². The molecule has 3 aromatic carbocycles. The minimum absolute atomic E-state index is 0.124. The molecule has 2 N–H and O–H groups in total. The predicted octanol–water partition coefficient (Wildman–Crippen LogP) is 5.16. The molecule has 2 heterocycles. The van der Waals surface area contributed by atoms with Crippen LogP contribution in [0.1, 0.15) is 17.2 Å². The molecule has 1 aromatic heterocycles. The Morgan fingerprint density at radius 1 is 0.941 bits per heavy atom. The van der Waals surface area contributed by atoms with Crippen molar-refractivity contribution in [3.63, 3.8) is 0 Å². The van der Waals surface area contributed by atoms with Crippen LogP contribution >= 0.6 is 23.4 Å². The highest BCUT2D eigenvalue weighted by atomic mass is 35.5. The summed E-state index contributed by atoms with van der Waals surface area (Å²) < 4.78 is 7.03. The average molecular weight is 494 g/mol. The van der Waals surface area contributed by atoms with Gasteiger partial charge in [0.05, 0.1) is 18.2 Å². The maximum atomic E-state index is 12.9. The first-order valence-electron chi connectivity index (χ1n) is 11.1. The first kappa shape index (κ1) is 22.7. The van der Waals surface area contributed by atoms with Gasteiger partial charge in [0.1, 0.15) is 10.9 Å². The van der Waals surface area contributed by atoms with Crippen LogP contribution in [0.25, 0.3) is 0 Å². The Labute approximate surface area is 206 Å². The van der Waals surface area contributed by atoms with Crippen LogP contribution in [0.2, 0.25) is 5.02 Å². The van der Waals surface area contributed by atoms with Crippen LogP contribution in [0.15, 0.2) is 93.4 Å². The molecule has 4 aromatic rings. The third kappa shape index (κ3) is 4.59. The first-order chi connectivity index (χ1) is 16.6. The van der Waals surface area contributed by atoms with E-state index >= 15 is 0 Å². The zero-order valence-corrected chi connectivity index (χ0v) is 19.9. The lowest BCUT2D eigenvalue weighted by atomic mass is 9.98. The van der Waals surface area contributed by atoms with Gasteiger partial charge in [-0.1, -0.05) is 78.0 Å². The molecule has 1 aliphatic heterocycles. The number of anilines is 1. The van der Waals surface area contributed by atoms with Gasteiger partial charge in [-0.25, -0.2) is 4.68 Å². The SMILES string of the molecule is O=c1[nH]n(C(c2ccccc2)c2cccc(N3CCOCC3)c2)c(O)c1Sc1ccccc1Cl. The summed E-state index contributed by atoms with van der Waals surface area (Å²) in [7, 11) is 0. The molecular formula is C26H24ClN3O3S. The largest absolute Gasteiger partial charge is 0.493 e. The summed E-state index contributed by atoms with van der Waals surface area (Å²) in [4.78, 5) is 16.1. The minimum atomic E-state index is -0.421. The Morgan fingerprint density at radius 3 is 2.41 bits per heavy atom. The van der Waals surface area contributed by atoms with E-state index in [1.54, 1.807) is 6.07 Å². The summed E-state index contributed by atoms with van der Waals surface area (Å²) in [6.45, 7) is 3.04. The summed E-state index contributed by atoms with van der Waals surface area (Å²) in [6, 6.07) is 24.9. The summed E-state index contributed by atoms with van der Waals surface area (Å²) in [5, 5.41) is 14.6. The van der Waals surface area contributed by atoms with Crippen molar-refractivity contribution in [3.05, 3.63) is 105 Å². The summed E-state index contributed by atoms with van der Waals surface area (Å²) in [5.41, 5.74) is 2.61. The molecule has 0 amide bonds. The van der Waals surface area contributed by atoms with Gasteiger partial charge in [0.25, 0.3) is 5.56 Å². The molecule has 0 saturated carbocycles. The Kier molecular flexibility index (Phi) is 6.67. The molecule has 1 fully saturated rings. The highest BCUT2D eigenvalue weighted by molar-refractivity contribution is 7.99. The monoisotopic (exact) mass is 493 g/mol. The third-order valence-corrected chi connectivity index (χ3v) is 7.43. The van der Waals surface area contributed by atoms with Gasteiger partial charge in [-0.15, -0.1) is 0 Å².